The van der Waals surface area contributed by atoms with Crippen molar-refractivity contribution in [3.8, 4) is 17.2 Å². The van der Waals surface area contributed by atoms with Crippen LogP contribution in [0.2, 0.25) is 0 Å². The Morgan fingerprint density at radius 1 is 1.35 bits per heavy atom. The van der Waals surface area contributed by atoms with Gasteiger partial charge in [-0.05, 0) is 23.6 Å². The molecule has 17 heavy (non-hydrogen) atoms. The van der Waals surface area contributed by atoms with E-state index in [-0.39, 0.29) is 0 Å². The van der Waals surface area contributed by atoms with E-state index in [0.717, 1.165) is 16.8 Å². The highest BCUT2D eigenvalue weighted by Crippen LogP contribution is 2.32. The minimum Gasteiger partial charge on any atom is -0.497 e. The molecule has 0 saturated heterocycles. The molecular weight excluding hydrogens is 236 g/mol. The van der Waals surface area contributed by atoms with Crippen LogP contribution in [0.3, 0.4) is 0 Å². The summed E-state index contributed by atoms with van der Waals surface area (Å²) in [5.41, 5.74) is 8.18. The summed E-state index contributed by atoms with van der Waals surface area (Å²) in [5, 5.41) is 2.63. The first-order valence-corrected chi connectivity index (χ1v) is 5.94. The summed E-state index contributed by atoms with van der Waals surface area (Å²) in [5.74, 6) is 1.30. The van der Waals surface area contributed by atoms with Crippen LogP contribution in [0, 0.1) is 0 Å². The van der Waals surface area contributed by atoms with E-state index in [1.165, 1.54) is 11.3 Å². The topological polar surface area (TPSA) is 61.3 Å². The Bertz CT molecular complexity index is 672. The third kappa shape index (κ3) is 1.64. The number of nitrogens with zero attached hydrogens (tertiary/aromatic N) is 1. The minimum absolute atomic E-state index is 0.548. The van der Waals surface area contributed by atoms with Gasteiger partial charge in [-0.1, -0.05) is 0 Å². The number of ether oxygens (including phenoxy) is 1. The molecule has 86 valence electrons. The number of nitrogens with two attached hydrogens (primary N) is 1. The molecule has 0 radical (unpaired) electrons. The lowest BCUT2D eigenvalue weighted by Crippen LogP contribution is -1.82. The second-order valence-corrected chi connectivity index (χ2v) is 4.50. The second-order valence-electron chi connectivity index (χ2n) is 3.55. The molecule has 4 nitrogen and oxygen atoms in total. The third-order valence-electron chi connectivity index (χ3n) is 2.52. The maximum atomic E-state index is 5.84. The summed E-state index contributed by atoms with van der Waals surface area (Å²) in [6.45, 7) is 0. The van der Waals surface area contributed by atoms with Gasteiger partial charge in [0.1, 0.15) is 11.3 Å². The number of anilines is 1. The zero-order valence-corrected chi connectivity index (χ0v) is 9.95. The van der Waals surface area contributed by atoms with Crippen LogP contribution in [-0.4, -0.2) is 12.1 Å². The summed E-state index contributed by atoms with van der Waals surface area (Å²) < 4.78 is 10.8. The predicted molar refractivity (Wildman–Crippen MR) is 68.3 cm³/mol. The number of nitrogen functional groups attached to an aromatic ring is 1. The first-order valence-electron chi connectivity index (χ1n) is 5.06. The van der Waals surface area contributed by atoms with Gasteiger partial charge in [0.05, 0.1) is 17.7 Å². The van der Waals surface area contributed by atoms with Gasteiger partial charge >= 0.3 is 0 Å². The Hall–Kier alpha value is -2.01. The van der Waals surface area contributed by atoms with Crippen LogP contribution in [0.25, 0.3) is 22.6 Å². The van der Waals surface area contributed by atoms with Crippen LogP contribution in [-0.2, 0) is 0 Å². The van der Waals surface area contributed by atoms with E-state index in [1.807, 2.05) is 29.6 Å². The van der Waals surface area contributed by atoms with Gasteiger partial charge in [-0.15, -0.1) is 11.3 Å². The molecule has 2 heterocycles. The number of methoxy groups -OCH3 is 1. The van der Waals surface area contributed by atoms with E-state index >= 15 is 0 Å². The molecule has 0 aliphatic carbocycles. The first-order chi connectivity index (χ1) is 8.28. The second kappa shape index (κ2) is 3.78. The molecule has 3 rings (SSSR count). The molecular formula is C12H10N2O2S. The number of oxazole rings is 1. The van der Waals surface area contributed by atoms with E-state index in [4.69, 9.17) is 14.9 Å². The Morgan fingerprint density at radius 2 is 2.24 bits per heavy atom. The van der Waals surface area contributed by atoms with Gasteiger partial charge in [0.2, 0.25) is 5.89 Å². The van der Waals surface area contributed by atoms with E-state index < -0.39 is 0 Å². The quantitative estimate of drug-likeness (QED) is 0.754. The van der Waals surface area contributed by atoms with E-state index in [9.17, 15) is 0 Å². The lowest BCUT2D eigenvalue weighted by Gasteiger charge is -1.95. The van der Waals surface area contributed by atoms with Crippen molar-refractivity contribution in [2.45, 2.75) is 0 Å². The van der Waals surface area contributed by atoms with Crippen molar-refractivity contribution < 1.29 is 9.15 Å². The molecule has 1 aromatic carbocycles. The maximum Gasteiger partial charge on any atom is 0.230 e. The van der Waals surface area contributed by atoms with Crippen LogP contribution in [0.5, 0.6) is 5.75 Å². The van der Waals surface area contributed by atoms with Gasteiger partial charge in [0, 0.05) is 6.07 Å². The highest BCUT2D eigenvalue weighted by Gasteiger charge is 2.12. The van der Waals surface area contributed by atoms with Gasteiger partial charge < -0.3 is 14.9 Å². The van der Waals surface area contributed by atoms with Crippen molar-refractivity contribution in [2.75, 3.05) is 12.8 Å². The SMILES string of the molecule is COc1ccc2nc(-c3ccsc3N)oc2c1. The highest BCUT2D eigenvalue weighted by atomic mass is 32.1. The lowest BCUT2D eigenvalue weighted by atomic mass is 10.3. The van der Waals surface area contributed by atoms with Gasteiger partial charge in [0.15, 0.2) is 5.58 Å². The molecule has 0 aliphatic heterocycles. The Balaban J connectivity index is 2.17. The maximum absolute atomic E-state index is 5.84. The lowest BCUT2D eigenvalue weighted by molar-refractivity contribution is 0.414. The summed E-state index contributed by atoms with van der Waals surface area (Å²) in [4.78, 5) is 4.40. The largest absolute Gasteiger partial charge is 0.497 e. The van der Waals surface area contributed by atoms with Crippen LogP contribution >= 0.6 is 11.3 Å². The fourth-order valence-electron chi connectivity index (χ4n) is 1.64. The first kappa shape index (κ1) is 10.2. The Morgan fingerprint density at radius 3 is 2.94 bits per heavy atom. The number of hydrogen-bond donors (Lipinski definition) is 1. The number of hydrogen-bond acceptors (Lipinski definition) is 5. The normalized spacial score (nSPS) is 10.9. The van der Waals surface area contributed by atoms with Crippen LogP contribution in [0.4, 0.5) is 5.00 Å². The molecule has 0 aliphatic rings. The van der Waals surface area contributed by atoms with Crippen LogP contribution in [0.15, 0.2) is 34.1 Å². The monoisotopic (exact) mass is 246 g/mol. The standard InChI is InChI=1S/C12H10N2O2S/c1-15-7-2-3-9-10(6-7)16-12(14-9)8-4-5-17-11(8)13/h2-6H,13H2,1H3. The van der Waals surface area contributed by atoms with E-state index in [1.54, 1.807) is 7.11 Å². The number of aromatic nitrogens is 1. The molecule has 2 N–H and O–H groups in total. The van der Waals surface area contributed by atoms with Crippen molar-refractivity contribution in [2.24, 2.45) is 0 Å². The van der Waals surface area contributed by atoms with E-state index in [2.05, 4.69) is 4.98 Å². The number of fused-ring (bicyclic) bond motifs is 1. The van der Waals surface area contributed by atoms with E-state index in [0.29, 0.717) is 16.5 Å². The molecule has 0 fully saturated rings. The fraction of sp³-hybridized carbons (Fsp3) is 0.0833. The zero-order chi connectivity index (χ0) is 11.8. The molecule has 3 aromatic rings. The predicted octanol–water partition coefficient (Wildman–Crippen LogP) is 3.15. The number of rotatable bonds is 2. The zero-order valence-electron chi connectivity index (χ0n) is 9.14. The van der Waals surface area contributed by atoms with Gasteiger partial charge in [-0.3, -0.25) is 0 Å². The number of benzene rings is 1. The molecule has 0 unspecified atom stereocenters. The minimum atomic E-state index is 0.548. The Labute approximate surface area is 102 Å². The summed E-state index contributed by atoms with van der Waals surface area (Å²) in [7, 11) is 1.62. The molecule has 0 bridgehead atoms. The van der Waals surface area contributed by atoms with Crippen molar-refractivity contribution in [1.29, 1.82) is 0 Å². The average Bonchev–Trinajstić information content (AvgIpc) is 2.93. The molecule has 0 amide bonds. The van der Waals surface area contributed by atoms with Crippen LogP contribution < -0.4 is 10.5 Å². The summed E-state index contributed by atoms with van der Waals surface area (Å²) in [6, 6.07) is 7.44. The summed E-state index contributed by atoms with van der Waals surface area (Å²) >= 11 is 1.47. The van der Waals surface area contributed by atoms with Crippen molar-refractivity contribution >= 4 is 27.4 Å². The molecule has 2 aromatic heterocycles. The number of thiophene rings is 1. The van der Waals surface area contributed by atoms with Gasteiger partial charge in [-0.25, -0.2) is 4.98 Å². The molecule has 0 saturated carbocycles. The Kier molecular flexibility index (Phi) is 2.26. The van der Waals surface area contributed by atoms with Crippen molar-refractivity contribution in [3.63, 3.8) is 0 Å². The molecule has 0 spiro atoms. The third-order valence-corrected chi connectivity index (χ3v) is 3.27. The van der Waals surface area contributed by atoms with Crippen molar-refractivity contribution in [3.05, 3.63) is 29.6 Å². The van der Waals surface area contributed by atoms with Gasteiger partial charge in [-0.2, -0.15) is 0 Å². The smallest absolute Gasteiger partial charge is 0.230 e. The van der Waals surface area contributed by atoms with Gasteiger partial charge in [0.25, 0.3) is 0 Å². The molecule has 5 heteroatoms. The van der Waals surface area contributed by atoms with Crippen molar-refractivity contribution in [1.82, 2.24) is 4.98 Å². The fourth-order valence-corrected chi connectivity index (χ4v) is 2.28. The van der Waals surface area contributed by atoms with Crippen LogP contribution in [0.1, 0.15) is 0 Å². The summed E-state index contributed by atoms with van der Waals surface area (Å²) in [6.07, 6.45) is 0. The molecule has 0 atom stereocenters. The highest BCUT2D eigenvalue weighted by molar-refractivity contribution is 7.14. The average molecular weight is 246 g/mol.